The third kappa shape index (κ3) is 2.02. The first-order valence-electron chi connectivity index (χ1n) is 5.36. The van der Waals surface area contributed by atoms with Crippen molar-refractivity contribution in [3.05, 3.63) is 29.6 Å². The molecular weight excluding hydrogens is 236 g/mol. The van der Waals surface area contributed by atoms with Gasteiger partial charge in [0.05, 0.1) is 12.8 Å². The van der Waals surface area contributed by atoms with E-state index in [0.717, 1.165) is 0 Å². The van der Waals surface area contributed by atoms with Crippen molar-refractivity contribution < 1.29 is 14.6 Å². The number of carbonyl (C=O) groups is 1. The summed E-state index contributed by atoms with van der Waals surface area (Å²) in [6.45, 7) is 1.94. The van der Waals surface area contributed by atoms with Crippen LogP contribution in [0.3, 0.4) is 0 Å². The molecule has 1 heterocycles. The molecule has 94 valence electrons. The van der Waals surface area contributed by atoms with Gasteiger partial charge < -0.3 is 9.84 Å². The highest BCUT2D eigenvalue weighted by molar-refractivity contribution is 5.91. The second-order valence-electron chi connectivity index (χ2n) is 3.55. The minimum atomic E-state index is -1.04. The molecular formula is C11H12N4O3. The van der Waals surface area contributed by atoms with Gasteiger partial charge in [-0.25, -0.2) is 4.79 Å². The van der Waals surface area contributed by atoms with Gasteiger partial charge in [0.25, 0.3) is 0 Å². The molecule has 0 unspecified atom stereocenters. The van der Waals surface area contributed by atoms with Crippen LogP contribution >= 0.6 is 0 Å². The molecule has 1 N–H and O–H groups in total. The van der Waals surface area contributed by atoms with E-state index in [4.69, 9.17) is 9.84 Å². The lowest BCUT2D eigenvalue weighted by atomic mass is 10.2. The van der Waals surface area contributed by atoms with E-state index in [1.54, 1.807) is 16.8 Å². The first kappa shape index (κ1) is 12.0. The van der Waals surface area contributed by atoms with Crippen LogP contribution in [0.2, 0.25) is 0 Å². The summed E-state index contributed by atoms with van der Waals surface area (Å²) >= 11 is 0. The molecule has 0 fully saturated rings. The van der Waals surface area contributed by atoms with Crippen LogP contribution < -0.4 is 4.74 Å². The molecule has 0 atom stereocenters. The first-order valence-corrected chi connectivity index (χ1v) is 5.36. The monoisotopic (exact) mass is 248 g/mol. The summed E-state index contributed by atoms with van der Waals surface area (Å²) < 4.78 is 6.61. The predicted molar refractivity (Wildman–Crippen MR) is 62.0 cm³/mol. The van der Waals surface area contributed by atoms with Crippen LogP contribution in [-0.2, 0) is 6.42 Å². The molecule has 18 heavy (non-hydrogen) atoms. The molecule has 0 aliphatic rings. The fourth-order valence-electron chi connectivity index (χ4n) is 1.62. The number of aromatic carboxylic acids is 1. The molecule has 7 heteroatoms. The highest BCUT2D eigenvalue weighted by atomic mass is 16.5. The van der Waals surface area contributed by atoms with E-state index in [1.807, 2.05) is 6.92 Å². The zero-order valence-electron chi connectivity index (χ0n) is 9.99. The maximum absolute atomic E-state index is 11.0. The summed E-state index contributed by atoms with van der Waals surface area (Å²) in [7, 11) is 1.42. The van der Waals surface area contributed by atoms with E-state index in [1.165, 1.54) is 13.2 Å². The van der Waals surface area contributed by atoms with Crippen LogP contribution in [0.5, 0.6) is 5.75 Å². The molecule has 2 rings (SSSR count). The molecule has 0 aliphatic heterocycles. The zero-order valence-corrected chi connectivity index (χ0v) is 9.99. The summed E-state index contributed by atoms with van der Waals surface area (Å²) in [5.41, 5.74) is 0.770. The Labute approximate surface area is 103 Å². The van der Waals surface area contributed by atoms with Gasteiger partial charge in [-0.1, -0.05) is 6.92 Å². The molecule has 7 nitrogen and oxygen atoms in total. The molecule has 0 amide bonds. The molecule has 2 aromatic rings. The van der Waals surface area contributed by atoms with E-state index in [2.05, 4.69) is 15.5 Å². The average molecular weight is 248 g/mol. The van der Waals surface area contributed by atoms with E-state index in [9.17, 15) is 4.79 Å². The van der Waals surface area contributed by atoms with Crippen LogP contribution in [0.15, 0.2) is 18.2 Å². The number of tetrazole rings is 1. The van der Waals surface area contributed by atoms with Crippen LogP contribution in [-0.4, -0.2) is 38.4 Å². The number of carboxylic acid groups (broad SMARTS) is 1. The molecule has 0 radical (unpaired) electrons. The van der Waals surface area contributed by atoms with E-state index < -0.39 is 5.97 Å². The van der Waals surface area contributed by atoms with Gasteiger partial charge >= 0.3 is 5.97 Å². The minimum absolute atomic E-state index is 0.104. The molecule has 0 aliphatic carbocycles. The number of aromatic nitrogens is 4. The van der Waals surface area contributed by atoms with Crippen LogP contribution in [0, 0.1) is 0 Å². The number of aryl methyl sites for hydroxylation is 1. The van der Waals surface area contributed by atoms with E-state index in [0.29, 0.717) is 17.9 Å². The van der Waals surface area contributed by atoms with Crippen molar-refractivity contribution in [3.8, 4) is 11.4 Å². The fourth-order valence-corrected chi connectivity index (χ4v) is 1.62. The highest BCUT2D eigenvalue weighted by Crippen LogP contribution is 2.22. The number of methoxy groups -OCH3 is 1. The van der Waals surface area contributed by atoms with Crippen molar-refractivity contribution in [2.45, 2.75) is 13.3 Å². The summed E-state index contributed by atoms with van der Waals surface area (Å²) in [5.74, 6) is -0.0662. The maximum Gasteiger partial charge on any atom is 0.339 e. The molecule has 0 bridgehead atoms. The van der Waals surface area contributed by atoms with Crippen molar-refractivity contribution in [1.82, 2.24) is 20.2 Å². The van der Waals surface area contributed by atoms with Gasteiger partial charge in [-0.15, -0.1) is 5.10 Å². The Balaban J connectivity index is 2.51. The lowest BCUT2D eigenvalue weighted by Gasteiger charge is -2.08. The van der Waals surface area contributed by atoms with Gasteiger partial charge in [-0.2, -0.15) is 4.68 Å². The number of benzene rings is 1. The zero-order chi connectivity index (χ0) is 13.1. The summed E-state index contributed by atoms with van der Waals surface area (Å²) in [4.78, 5) is 11.0. The normalized spacial score (nSPS) is 10.3. The number of hydrogen-bond acceptors (Lipinski definition) is 5. The Morgan fingerprint density at radius 2 is 2.28 bits per heavy atom. The van der Waals surface area contributed by atoms with Gasteiger partial charge in [0, 0.05) is 12.5 Å². The lowest BCUT2D eigenvalue weighted by molar-refractivity contribution is 0.0693. The highest BCUT2D eigenvalue weighted by Gasteiger charge is 2.13. The second kappa shape index (κ2) is 4.82. The maximum atomic E-state index is 11.0. The van der Waals surface area contributed by atoms with E-state index >= 15 is 0 Å². The van der Waals surface area contributed by atoms with Gasteiger partial charge in [-0.3, -0.25) is 0 Å². The van der Waals surface area contributed by atoms with Crippen molar-refractivity contribution in [1.29, 1.82) is 0 Å². The van der Waals surface area contributed by atoms with Crippen molar-refractivity contribution in [2.75, 3.05) is 7.11 Å². The van der Waals surface area contributed by atoms with Gasteiger partial charge in [0.1, 0.15) is 11.3 Å². The predicted octanol–water partition coefficient (Wildman–Crippen LogP) is 0.931. The molecule has 0 spiro atoms. The Morgan fingerprint density at radius 3 is 2.89 bits per heavy atom. The SMILES string of the molecule is CCc1nnnn1-c1ccc(C(=O)O)c(OC)c1. The molecule has 1 aromatic heterocycles. The van der Waals surface area contributed by atoms with Crippen molar-refractivity contribution >= 4 is 5.97 Å². The summed E-state index contributed by atoms with van der Waals surface area (Å²) in [6, 6.07) is 4.71. The first-order chi connectivity index (χ1) is 8.67. The molecule has 0 saturated heterocycles. The topological polar surface area (TPSA) is 90.1 Å². The lowest BCUT2D eigenvalue weighted by Crippen LogP contribution is -2.05. The van der Waals surface area contributed by atoms with E-state index in [-0.39, 0.29) is 11.3 Å². The number of hydrogen-bond donors (Lipinski definition) is 1. The average Bonchev–Trinajstić information content (AvgIpc) is 2.86. The van der Waals surface area contributed by atoms with Crippen LogP contribution in [0.1, 0.15) is 23.1 Å². The van der Waals surface area contributed by atoms with Gasteiger partial charge in [0.15, 0.2) is 5.82 Å². The van der Waals surface area contributed by atoms with Crippen LogP contribution in [0.25, 0.3) is 5.69 Å². The van der Waals surface area contributed by atoms with Gasteiger partial charge in [0.2, 0.25) is 0 Å². The number of ether oxygens (including phenoxy) is 1. The number of nitrogens with zero attached hydrogens (tertiary/aromatic N) is 4. The summed E-state index contributed by atoms with van der Waals surface area (Å²) in [6.07, 6.45) is 0.677. The molecule has 1 aromatic carbocycles. The third-order valence-corrected chi connectivity index (χ3v) is 2.51. The minimum Gasteiger partial charge on any atom is -0.496 e. The molecule has 0 saturated carbocycles. The van der Waals surface area contributed by atoms with Crippen molar-refractivity contribution in [2.24, 2.45) is 0 Å². The standard InChI is InChI=1S/C11H12N4O3/c1-3-10-12-13-14-15(10)7-4-5-8(11(16)17)9(6-7)18-2/h4-6H,3H2,1-2H3,(H,16,17). The Bertz CT molecular complexity index is 579. The largest absolute Gasteiger partial charge is 0.496 e. The fraction of sp³-hybridized carbons (Fsp3) is 0.273. The van der Waals surface area contributed by atoms with Gasteiger partial charge in [-0.05, 0) is 22.6 Å². The quantitative estimate of drug-likeness (QED) is 0.865. The van der Waals surface area contributed by atoms with Crippen molar-refractivity contribution in [3.63, 3.8) is 0 Å². The smallest absolute Gasteiger partial charge is 0.339 e. The Kier molecular flexibility index (Phi) is 3.22. The number of rotatable bonds is 4. The Morgan fingerprint density at radius 1 is 1.50 bits per heavy atom. The second-order valence-corrected chi connectivity index (χ2v) is 3.55. The summed E-state index contributed by atoms with van der Waals surface area (Å²) in [5, 5.41) is 20.3. The Hall–Kier alpha value is -2.44. The third-order valence-electron chi connectivity index (χ3n) is 2.51. The number of carboxylic acids is 1. The van der Waals surface area contributed by atoms with Crippen LogP contribution in [0.4, 0.5) is 0 Å².